The van der Waals surface area contributed by atoms with E-state index in [2.05, 4.69) is 34.1 Å². The summed E-state index contributed by atoms with van der Waals surface area (Å²) in [6.45, 7) is 5.86. The van der Waals surface area contributed by atoms with E-state index >= 15 is 0 Å². The smallest absolute Gasteiger partial charge is 0.233 e. The third kappa shape index (κ3) is 5.69. The standard InChI is InChI=1S/C15H22N4OS/c1-12-8-18-19(10-12)11-13(2)17-9-15(20)16-6-5-14-4-3-7-21-14/h3-4,7-8,10,13,17H,5-6,9,11H2,1-2H3,(H,16,20). The van der Waals surface area contributed by atoms with Crippen LogP contribution in [0.1, 0.15) is 17.4 Å². The molecule has 2 heterocycles. The molecule has 0 aliphatic carbocycles. The zero-order valence-electron chi connectivity index (χ0n) is 12.5. The number of aromatic nitrogens is 2. The van der Waals surface area contributed by atoms with Gasteiger partial charge in [0.25, 0.3) is 0 Å². The zero-order chi connectivity index (χ0) is 15.1. The summed E-state index contributed by atoms with van der Waals surface area (Å²) >= 11 is 1.72. The Morgan fingerprint density at radius 3 is 3.05 bits per heavy atom. The Labute approximate surface area is 129 Å². The fourth-order valence-corrected chi connectivity index (χ4v) is 2.73. The monoisotopic (exact) mass is 306 g/mol. The molecule has 2 aromatic heterocycles. The van der Waals surface area contributed by atoms with Gasteiger partial charge < -0.3 is 10.6 Å². The van der Waals surface area contributed by atoms with Crippen LogP contribution in [-0.4, -0.2) is 34.8 Å². The number of nitrogens with one attached hydrogen (secondary N) is 2. The van der Waals surface area contributed by atoms with Crippen molar-refractivity contribution in [2.75, 3.05) is 13.1 Å². The maximum atomic E-state index is 11.7. The molecule has 21 heavy (non-hydrogen) atoms. The number of rotatable bonds is 8. The van der Waals surface area contributed by atoms with Crippen molar-refractivity contribution in [3.63, 3.8) is 0 Å². The molecule has 2 rings (SSSR count). The van der Waals surface area contributed by atoms with Gasteiger partial charge in [-0.1, -0.05) is 6.07 Å². The maximum absolute atomic E-state index is 11.7. The van der Waals surface area contributed by atoms with Gasteiger partial charge in [-0.2, -0.15) is 5.10 Å². The van der Waals surface area contributed by atoms with Gasteiger partial charge in [-0.3, -0.25) is 9.48 Å². The number of nitrogens with zero attached hydrogens (tertiary/aromatic N) is 2. The second kappa shape index (κ2) is 7.95. The molecule has 0 aliphatic heterocycles. The van der Waals surface area contributed by atoms with Crippen molar-refractivity contribution in [1.29, 1.82) is 0 Å². The van der Waals surface area contributed by atoms with Crippen molar-refractivity contribution in [3.05, 3.63) is 40.3 Å². The summed E-state index contributed by atoms with van der Waals surface area (Å²) in [6, 6.07) is 4.32. The number of carbonyl (C=O) groups is 1. The highest BCUT2D eigenvalue weighted by atomic mass is 32.1. The van der Waals surface area contributed by atoms with Gasteiger partial charge in [0.2, 0.25) is 5.91 Å². The molecule has 0 aromatic carbocycles. The number of carbonyl (C=O) groups excluding carboxylic acids is 1. The van der Waals surface area contributed by atoms with Crippen LogP contribution in [-0.2, 0) is 17.8 Å². The molecule has 0 fully saturated rings. The minimum absolute atomic E-state index is 0.0371. The quantitative estimate of drug-likeness (QED) is 0.778. The van der Waals surface area contributed by atoms with Gasteiger partial charge in [-0.25, -0.2) is 0 Å². The molecule has 5 nitrogen and oxygen atoms in total. The van der Waals surface area contributed by atoms with E-state index in [4.69, 9.17) is 0 Å². The lowest BCUT2D eigenvalue weighted by Gasteiger charge is -2.13. The normalized spacial score (nSPS) is 12.3. The predicted molar refractivity (Wildman–Crippen MR) is 85.5 cm³/mol. The highest BCUT2D eigenvalue weighted by Crippen LogP contribution is 2.07. The van der Waals surface area contributed by atoms with Crippen molar-refractivity contribution >= 4 is 17.2 Å². The van der Waals surface area contributed by atoms with Crippen LogP contribution >= 0.6 is 11.3 Å². The number of hydrogen-bond acceptors (Lipinski definition) is 4. The summed E-state index contributed by atoms with van der Waals surface area (Å²) in [5.41, 5.74) is 1.15. The zero-order valence-corrected chi connectivity index (χ0v) is 13.3. The molecule has 0 radical (unpaired) electrons. The summed E-state index contributed by atoms with van der Waals surface area (Å²) in [6.07, 6.45) is 4.73. The Morgan fingerprint density at radius 2 is 2.38 bits per heavy atom. The lowest BCUT2D eigenvalue weighted by Crippen LogP contribution is -2.40. The van der Waals surface area contributed by atoms with Crippen LogP contribution in [0.2, 0.25) is 0 Å². The Balaban J connectivity index is 1.59. The van der Waals surface area contributed by atoms with E-state index in [-0.39, 0.29) is 11.9 Å². The molecule has 1 unspecified atom stereocenters. The number of thiophene rings is 1. The second-order valence-corrected chi connectivity index (χ2v) is 6.23. The van der Waals surface area contributed by atoms with Crippen molar-refractivity contribution in [2.24, 2.45) is 0 Å². The average Bonchev–Trinajstić information content (AvgIpc) is 3.08. The van der Waals surface area contributed by atoms with Gasteiger partial charge in [0.05, 0.1) is 19.3 Å². The van der Waals surface area contributed by atoms with Gasteiger partial charge in [0, 0.05) is 23.7 Å². The second-order valence-electron chi connectivity index (χ2n) is 5.20. The van der Waals surface area contributed by atoms with E-state index in [1.807, 2.05) is 30.1 Å². The molecular weight excluding hydrogens is 284 g/mol. The van der Waals surface area contributed by atoms with Gasteiger partial charge >= 0.3 is 0 Å². The van der Waals surface area contributed by atoms with Crippen molar-refractivity contribution in [1.82, 2.24) is 20.4 Å². The van der Waals surface area contributed by atoms with Crippen LogP contribution in [0.3, 0.4) is 0 Å². The summed E-state index contributed by atoms with van der Waals surface area (Å²) < 4.78 is 1.89. The molecule has 1 atom stereocenters. The Kier molecular flexibility index (Phi) is 5.95. The van der Waals surface area contributed by atoms with Crippen molar-refractivity contribution in [2.45, 2.75) is 32.9 Å². The number of hydrogen-bond donors (Lipinski definition) is 2. The van der Waals surface area contributed by atoms with E-state index < -0.39 is 0 Å². The summed E-state index contributed by atoms with van der Waals surface area (Å²) in [5, 5.41) is 12.4. The Morgan fingerprint density at radius 1 is 1.52 bits per heavy atom. The van der Waals surface area contributed by atoms with Crippen LogP contribution in [0.5, 0.6) is 0 Å². The molecule has 2 N–H and O–H groups in total. The molecule has 0 saturated carbocycles. The molecule has 114 valence electrons. The van der Waals surface area contributed by atoms with E-state index in [1.54, 1.807) is 11.3 Å². The highest BCUT2D eigenvalue weighted by molar-refractivity contribution is 7.09. The Bertz CT molecular complexity index is 550. The molecule has 0 saturated heterocycles. The highest BCUT2D eigenvalue weighted by Gasteiger charge is 2.06. The van der Waals surface area contributed by atoms with E-state index in [0.717, 1.165) is 18.5 Å². The van der Waals surface area contributed by atoms with E-state index in [1.165, 1.54) is 4.88 Å². The fraction of sp³-hybridized carbons (Fsp3) is 0.467. The van der Waals surface area contributed by atoms with Gasteiger partial charge in [-0.15, -0.1) is 11.3 Å². The largest absolute Gasteiger partial charge is 0.355 e. The molecule has 0 spiro atoms. The third-order valence-corrected chi connectivity index (χ3v) is 4.04. The molecular formula is C15H22N4OS. The first-order valence-electron chi connectivity index (χ1n) is 7.15. The number of amides is 1. The third-order valence-electron chi connectivity index (χ3n) is 3.11. The summed E-state index contributed by atoms with van der Waals surface area (Å²) in [5.74, 6) is 0.0371. The minimum Gasteiger partial charge on any atom is -0.355 e. The maximum Gasteiger partial charge on any atom is 0.233 e. The van der Waals surface area contributed by atoms with Gasteiger partial charge in [0.15, 0.2) is 0 Å². The van der Waals surface area contributed by atoms with E-state index in [9.17, 15) is 4.79 Å². The van der Waals surface area contributed by atoms with Crippen LogP contribution in [0.15, 0.2) is 29.9 Å². The van der Waals surface area contributed by atoms with E-state index in [0.29, 0.717) is 13.1 Å². The molecule has 6 heteroatoms. The Hall–Kier alpha value is -1.66. The predicted octanol–water partition coefficient (Wildman–Crippen LogP) is 1.59. The summed E-state index contributed by atoms with van der Waals surface area (Å²) in [7, 11) is 0. The van der Waals surface area contributed by atoms with Crippen LogP contribution in [0.4, 0.5) is 0 Å². The minimum atomic E-state index is 0.0371. The molecule has 0 aliphatic rings. The van der Waals surface area contributed by atoms with Crippen molar-refractivity contribution in [3.8, 4) is 0 Å². The van der Waals surface area contributed by atoms with Gasteiger partial charge in [-0.05, 0) is 37.3 Å². The fourth-order valence-electron chi connectivity index (χ4n) is 2.02. The van der Waals surface area contributed by atoms with Crippen molar-refractivity contribution < 1.29 is 4.79 Å². The summed E-state index contributed by atoms with van der Waals surface area (Å²) in [4.78, 5) is 13.0. The molecule has 2 aromatic rings. The first-order valence-corrected chi connectivity index (χ1v) is 8.03. The number of aryl methyl sites for hydroxylation is 1. The lowest BCUT2D eigenvalue weighted by atomic mass is 10.3. The lowest BCUT2D eigenvalue weighted by molar-refractivity contribution is -0.120. The first kappa shape index (κ1) is 15.7. The van der Waals surface area contributed by atoms with Crippen LogP contribution in [0, 0.1) is 6.92 Å². The molecule has 0 bridgehead atoms. The van der Waals surface area contributed by atoms with Gasteiger partial charge in [0.1, 0.15) is 0 Å². The molecule has 1 amide bonds. The van der Waals surface area contributed by atoms with Crippen LogP contribution < -0.4 is 10.6 Å². The van der Waals surface area contributed by atoms with Crippen LogP contribution in [0.25, 0.3) is 0 Å². The average molecular weight is 306 g/mol. The SMILES string of the molecule is Cc1cnn(CC(C)NCC(=O)NCCc2cccs2)c1. The first-order chi connectivity index (χ1) is 10.1. The topological polar surface area (TPSA) is 59.0 Å².